The van der Waals surface area contributed by atoms with Gasteiger partial charge in [-0.15, -0.1) is 0 Å². The lowest BCUT2D eigenvalue weighted by Crippen LogP contribution is -2.17. The molecule has 102 valence electrons. The monoisotopic (exact) mass is 259 g/mol. The zero-order chi connectivity index (χ0) is 13.7. The van der Waals surface area contributed by atoms with E-state index in [1.807, 2.05) is 37.5 Å². The number of nitrogens with zero attached hydrogens (tertiary/aromatic N) is 1. The van der Waals surface area contributed by atoms with E-state index in [0.717, 1.165) is 35.8 Å². The van der Waals surface area contributed by atoms with Crippen molar-refractivity contribution in [3.8, 4) is 17.0 Å². The molecule has 4 nitrogen and oxygen atoms in total. The summed E-state index contributed by atoms with van der Waals surface area (Å²) in [5.41, 5.74) is 2.17. The molecule has 0 aliphatic rings. The van der Waals surface area contributed by atoms with Crippen molar-refractivity contribution >= 4 is 0 Å². The number of nitrogens with one attached hydrogen (secondary N) is 2. The van der Waals surface area contributed by atoms with E-state index in [-0.39, 0.29) is 0 Å². The number of aromatic nitrogens is 2. The molecular weight excluding hydrogens is 238 g/mol. The Labute approximate surface area is 114 Å². The van der Waals surface area contributed by atoms with Gasteiger partial charge in [0.1, 0.15) is 11.6 Å². The molecule has 1 aromatic carbocycles. The van der Waals surface area contributed by atoms with Crippen LogP contribution in [0.1, 0.15) is 25.1 Å². The number of H-pyrrole nitrogens is 1. The Balaban J connectivity index is 2.19. The average molecular weight is 259 g/mol. The predicted octanol–water partition coefficient (Wildman–Crippen LogP) is 2.80. The number of rotatable bonds is 6. The zero-order valence-electron chi connectivity index (χ0n) is 11.7. The second kappa shape index (κ2) is 6.38. The fourth-order valence-corrected chi connectivity index (χ4v) is 2.14. The van der Waals surface area contributed by atoms with Gasteiger partial charge in [-0.25, -0.2) is 4.98 Å². The molecule has 0 aliphatic carbocycles. The van der Waals surface area contributed by atoms with Gasteiger partial charge in [-0.2, -0.15) is 0 Å². The van der Waals surface area contributed by atoms with Crippen molar-refractivity contribution in [3.63, 3.8) is 0 Å². The first-order chi connectivity index (χ1) is 9.28. The average Bonchev–Trinajstić information content (AvgIpc) is 2.94. The molecule has 0 saturated carbocycles. The van der Waals surface area contributed by atoms with Crippen molar-refractivity contribution in [1.82, 2.24) is 15.3 Å². The lowest BCUT2D eigenvalue weighted by Gasteiger charge is -2.10. The van der Waals surface area contributed by atoms with E-state index in [0.29, 0.717) is 5.92 Å². The number of methoxy groups -OCH3 is 1. The molecule has 2 aromatic rings. The van der Waals surface area contributed by atoms with E-state index in [9.17, 15) is 0 Å². The van der Waals surface area contributed by atoms with Gasteiger partial charge in [0.2, 0.25) is 0 Å². The maximum Gasteiger partial charge on any atom is 0.118 e. The van der Waals surface area contributed by atoms with Crippen molar-refractivity contribution in [2.24, 2.45) is 0 Å². The van der Waals surface area contributed by atoms with Gasteiger partial charge in [-0.1, -0.05) is 6.92 Å². The first kappa shape index (κ1) is 13.6. The van der Waals surface area contributed by atoms with Gasteiger partial charge in [0.25, 0.3) is 0 Å². The summed E-state index contributed by atoms with van der Waals surface area (Å²) < 4.78 is 5.16. The van der Waals surface area contributed by atoms with Crippen molar-refractivity contribution in [1.29, 1.82) is 0 Å². The van der Waals surface area contributed by atoms with Crippen LogP contribution >= 0.6 is 0 Å². The molecule has 1 unspecified atom stereocenters. The van der Waals surface area contributed by atoms with Crippen LogP contribution in [0.4, 0.5) is 0 Å². The molecule has 2 N–H and O–H groups in total. The van der Waals surface area contributed by atoms with Crippen LogP contribution in [-0.2, 0) is 0 Å². The predicted molar refractivity (Wildman–Crippen MR) is 77.5 cm³/mol. The third-order valence-electron chi connectivity index (χ3n) is 3.33. The van der Waals surface area contributed by atoms with Crippen molar-refractivity contribution in [3.05, 3.63) is 36.3 Å². The third-order valence-corrected chi connectivity index (χ3v) is 3.33. The Morgan fingerprint density at radius 2 is 2.05 bits per heavy atom. The normalized spacial score (nSPS) is 12.4. The number of ether oxygens (including phenoxy) is 1. The molecule has 2 rings (SSSR count). The number of benzene rings is 1. The molecule has 0 amide bonds. The van der Waals surface area contributed by atoms with Gasteiger partial charge < -0.3 is 15.0 Å². The first-order valence-corrected chi connectivity index (χ1v) is 6.62. The Morgan fingerprint density at radius 1 is 1.32 bits per heavy atom. The SMILES string of the molecule is CCC(CNC)c1ncc(-c2ccc(OC)cc2)[nH]1. The molecule has 0 spiro atoms. The Kier molecular flexibility index (Phi) is 4.58. The van der Waals surface area contributed by atoms with E-state index in [1.54, 1.807) is 7.11 Å². The van der Waals surface area contributed by atoms with Gasteiger partial charge in [0.15, 0.2) is 0 Å². The summed E-state index contributed by atoms with van der Waals surface area (Å²) in [6, 6.07) is 7.99. The van der Waals surface area contributed by atoms with Crippen LogP contribution in [-0.4, -0.2) is 30.7 Å². The molecule has 1 heterocycles. The van der Waals surface area contributed by atoms with Crippen molar-refractivity contribution in [2.45, 2.75) is 19.3 Å². The Bertz CT molecular complexity index is 504. The number of hydrogen-bond acceptors (Lipinski definition) is 3. The minimum absolute atomic E-state index is 0.428. The maximum atomic E-state index is 5.16. The molecule has 0 fully saturated rings. The number of hydrogen-bond donors (Lipinski definition) is 2. The summed E-state index contributed by atoms with van der Waals surface area (Å²) in [7, 11) is 3.64. The summed E-state index contributed by atoms with van der Waals surface area (Å²) in [5.74, 6) is 2.34. The zero-order valence-corrected chi connectivity index (χ0v) is 11.7. The first-order valence-electron chi connectivity index (χ1n) is 6.62. The molecule has 0 radical (unpaired) electrons. The van der Waals surface area contributed by atoms with Crippen molar-refractivity contribution in [2.75, 3.05) is 20.7 Å². The van der Waals surface area contributed by atoms with Crippen LogP contribution in [0.2, 0.25) is 0 Å². The minimum Gasteiger partial charge on any atom is -0.497 e. The quantitative estimate of drug-likeness (QED) is 0.838. The van der Waals surface area contributed by atoms with E-state index >= 15 is 0 Å². The second-order valence-electron chi connectivity index (χ2n) is 4.57. The fraction of sp³-hybridized carbons (Fsp3) is 0.400. The lowest BCUT2D eigenvalue weighted by molar-refractivity contribution is 0.415. The van der Waals surface area contributed by atoms with Crippen molar-refractivity contribution < 1.29 is 4.74 Å². The molecule has 4 heteroatoms. The molecule has 0 saturated heterocycles. The van der Waals surface area contributed by atoms with Crippen LogP contribution < -0.4 is 10.1 Å². The number of likely N-dealkylation sites (N-methyl/N-ethyl adjacent to an activating group) is 1. The highest BCUT2D eigenvalue weighted by atomic mass is 16.5. The largest absolute Gasteiger partial charge is 0.497 e. The van der Waals surface area contributed by atoms with E-state index in [2.05, 4.69) is 22.2 Å². The highest BCUT2D eigenvalue weighted by molar-refractivity contribution is 5.59. The van der Waals surface area contributed by atoms with E-state index in [1.165, 1.54) is 0 Å². The van der Waals surface area contributed by atoms with Crippen LogP contribution in [0.3, 0.4) is 0 Å². The van der Waals surface area contributed by atoms with E-state index in [4.69, 9.17) is 4.74 Å². The summed E-state index contributed by atoms with van der Waals surface area (Å²) in [6.45, 7) is 3.11. The maximum absolute atomic E-state index is 5.16. The topological polar surface area (TPSA) is 49.9 Å². The van der Waals surface area contributed by atoms with Gasteiger partial charge in [0, 0.05) is 12.5 Å². The highest BCUT2D eigenvalue weighted by Gasteiger charge is 2.12. The van der Waals surface area contributed by atoms with Gasteiger partial charge in [-0.3, -0.25) is 0 Å². The molecule has 1 atom stereocenters. The number of aromatic amines is 1. The molecule has 1 aromatic heterocycles. The molecular formula is C15H21N3O. The van der Waals surface area contributed by atoms with Crippen LogP contribution in [0, 0.1) is 0 Å². The lowest BCUT2D eigenvalue weighted by atomic mass is 10.1. The molecule has 19 heavy (non-hydrogen) atoms. The van der Waals surface area contributed by atoms with Gasteiger partial charge >= 0.3 is 0 Å². The number of imidazole rings is 1. The molecule has 0 aliphatic heterocycles. The second-order valence-corrected chi connectivity index (χ2v) is 4.57. The summed E-state index contributed by atoms with van der Waals surface area (Å²) in [5, 5.41) is 3.20. The van der Waals surface area contributed by atoms with Crippen LogP contribution in [0.5, 0.6) is 5.75 Å². The molecule has 0 bridgehead atoms. The fourth-order valence-electron chi connectivity index (χ4n) is 2.14. The minimum atomic E-state index is 0.428. The highest BCUT2D eigenvalue weighted by Crippen LogP contribution is 2.23. The van der Waals surface area contributed by atoms with Crippen LogP contribution in [0.25, 0.3) is 11.3 Å². The van der Waals surface area contributed by atoms with Gasteiger partial charge in [-0.05, 0) is 43.3 Å². The van der Waals surface area contributed by atoms with Crippen LogP contribution in [0.15, 0.2) is 30.5 Å². The standard InChI is InChI=1S/C15H21N3O/c1-4-11(9-16-2)15-17-10-14(18-15)12-5-7-13(19-3)8-6-12/h5-8,10-11,16H,4,9H2,1-3H3,(H,17,18). The summed E-state index contributed by atoms with van der Waals surface area (Å²) in [4.78, 5) is 7.91. The van der Waals surface area contributed by atoms with Gasteiger partial charge in [0.05, 0.1) is 19.0 Å². The summed E-state index contributed by atoms with van der Waals surface area (Å²) in [6.07, 6.45) is 2.96. The summed E-state index contributed by atoms with van der Waals surface area (Å²) >= 11 is 0. The Morgan fingerprint density at radius 3 is 2.63 bits per heavy atom. The smallest absolute Gasteiger partial charge is 0.118 e. The third kappa shape index (κ3) is 3.15. The van der Waals surface area contributed by atoms with E-state index < -0.39 is 0 Å². The Hall–Kier alpha value is -1.81.